The van der Waals surface area contributed by atoms with Gasteiger partial charge in [-0.05, 0) is 53.2 Å². The van der Waals surface area contributed by atoms with Crippen molar-refractivity contribution in [3.05, 3.63) is 27.7 Å². The molecule has 0 radical (unpaired) electrons. The quantitative estimate of drug-likeness (QED) is 0.831. The zero-order valence-corrected chi connectivity index (χ0v) is 13.1. The minimum absolute atomic E-state index is 0.102. The van der Waals surface area contributed by atoms with E-state index in [0.29, 0.717) is 18.3 Å². The number of ether oxygens (including phenoxy) is 1. The van der Waals surface area contributed by atoms with Crippen LogP contribution in [-0.4, -0.2) is 17.7 Å². The largest absolute Gasteiger partial charge is 0.492 e. The first-order valence-electron chi connectivity index (χ1n) is 6.87. The zero-order valence-electron chi connectivity index (χ0n) is 11.6. The standard InChI is InChI=1S/C15H20BrNO3/c1-9-5-11(13(17)7-14(18)19)15(12(16)6-9)20-8-10-3-2-4-10/h5-6,10,13H,2-4,7-8,17H2,1H3,(H,18,19). The first-order chi connectivity index (χ1) is 9.47. The van der Waals surface area contributed by atoms with Crippen molar-refractivity contribution >= 4 is 21.9 Å². The Hall–Kier alpha value is -1.07. The first kappa shape index (κ1) is 15.3. The van der Waals surface area contributed by atoms with E-state index in [0.717, 1.165) is 15.6 Å². The molecule has 110 valence electrons. The molecule has 0 spiro atoms. The van der Waals surface area contributed by atoms with E-state index >= 15 is 0 Å². The number of carboxylic acid groups (broad SMARTS) is 1. The van der Waals surface area contributed by atoms with Gasteiger partial charge in [0.25, 0.3) is 0 Å². The maximum atomic E-state index is 10.9. The lowest BCUT2D eigenvalue weighted by Crippen LogP contribution is -2.21. The third kappa shape index (κ3) is 3.73. The van der Waals surface area contributed by atoms with E-state index in [9.17, 15) is 4.79 Å². The van der Waals surface area contributed by atoms with Crippen molar-refractivity contribution in [1.29, 1.82) is 0 Å². The maximum Gasteiger partial charge on any atom is 0.305 e. The second kappa shape index (κ2) is 6.59. The van der Waals surface area contributed by atoms with Gasteiger partial charge in [-0.15, -0.1) is 0 Å². The van der Waals surface area contributed by atoms with Crippen molar-refractivity contribution in [2.45, 2.75) is 38.6 Å². The van der Waals surface area contributed by atoms with E-state index in [4.69, 9.17) is 15.6 Å². The predicted molar refractivity (Wildman–Crippen MR) is 80.9 cm³/mol. The number of halogens is 1. The van der Waals surface area contributed by atoms with E-state index in [1.807, 2.05) is 19.1 Å². The summed E-state index contributed by atoms with van der Waals surface area (Å²) in [4.78, 5) is 10.9. The normalized spacial score (nSPS) is 16.6. The van der Waals surface area contributed by atoms with Gasteiger partial charge >= 0.3 is 5.97 Å². The molecule has 0 bridgehead atoms. The lowest BCUT2D eigenvalue weighted by Gasteiger charge is -2.27. The summed E-state index contributed by atoms with van der Waals surface area (Å²) >= 11 is 3.49. The van der Waals surface area contributed by atoms with E-state index in [2.05, 4.69) is 15.9 Å². The number of rotatable bonds is 6. The Labute approximate surface area is 127 Å². The van der Waals surface area contributed by atoms with Crippen LogP contribution in [0.4, 0.5) is 0 Å². The highest BCUT2D eigenvalue weighted by atomic mass is 79.9. The Bertz CT molecular complexity index is 500. The van der Waals surface area contributed by atoms with Crippen LogP contribution in [0.5, 0.6) is 5.75 Å². The van der Waals surface area contributed by atoms with Crippen molar-refractivity contribution in [3.63, 3.8) is 0 Å². The molecule has 0 saturated heterocycles. The molecule has 1 aliphatic carbocycles. The molecule has 1 atom stereocenters. The zero-order chi connectivity index (χ0) is 14.7. The van der Waals surface area contributed by atoms with Crippen LogP contribution in [0.1, 0.15) is 42.9 Å². The third-order valence-corrected chi connectivity index (χ3v) is 4.29. The van der Waals surface area contributed by atoms with E-state index in [1.165, 1.54) is 19.3 Å². The number of aryl methyl sites for hydroxylation is 1. The second-order valence-corrected chi connectivity index (χ2v) is 6.33. The summed E-state index contributed by atoms with van der Waals surface area (Å²) < 4.78 is 6.75. The van der Waals surface area contributed by atoms with Crippen LogP contribution >= 0.6 is 15.9 Å². The minimum atomic E-state index is -0.903. The van der Waals surface area contributed by atoms with Crippen LogP contribution in [0, 0.1) is 12.8 Å². The molecule has 1 fully saturated rings. The van der Waals surface area contributed by atoms with Crippen LogP contribution in [0.15, 0.2) is 16.6 Å². The summed E-state index contributed by atoms with van der Waals surface area (Å²) in [5.41, 5.74) is 7.80. The van der Waals surface area contributed by atoms with Crippen LogP contribution in [0.3, 0.4) is 0 Å². The molecule has 0 amide bonds. The molecule has 2 rings (SSSR count). The van der Waals surface area contributed by atoms with Crippen molar-refractivity contribution in [2.24, 2.45) is 11.7 Å². The van der Waals surface area contributed by atoms with Crippen molar-refractivity contribution in [3.8, 4) is 5.75 Å². The average molecular weight is 342 g/mol. The molecule has 4 nitrogen and oxygen atoms in total. The molecule has 1 aromatic rings. The molecule has 1 aromatic carbocycles. The van der Waals surface area contributed by atoms with Gasteiger partial charge in [0.1, 0.15) is 5.75 Å². The molecule has 5 heteroatoms. The Morgan fingerprint density at radius 1 is 1.55 bits per heavy atom. The Morgan fingerprint density at radius 3 is 2.80 bits per heavy atom. The molecule has 3 N–H and O–H groups in total. The van der Waals surface area contributed by atoms with Gasteiger partial charge < -0.3 is 15.6 Å². The minimum Gasteiger partial charge on any atom is -0.492 e. The number of carboxylic acids is 1. The van der Waals surface area contributed by atoms with Gasteiger partial charge in [0.05, 0.1) is 17.5 Å². The number of carbonyl (C=O) groups is 1. The summed E-state index contributed by atoms with van der Waals surface area (Å²) in [7, 11) is 0. The fourth-order valence-electron chi connectivity index (χ4n) is 2.34. The predicted octanol–water partition coefficient (Wildman–Crippen LogP) is 3.41. The van der Waals surface area contributed by atoms with Gasteiger partial charge in [0, 0.05) is 11.6 Å². The molecular weight excluding hydrogens is 322 g/mol. The van der Waals surface area contributed by atoms with Gasteiger partial charge in [-0.25, -0.2) is 0 Å². The summed E-state index contributed by atoms with van der Waals surface area (Å²) in [6, 6.07) is 3.32. The highest BCUT2D eigenvalue weighted by Gasteiger charge is 2.22. The van der Waals surface area contributed by atoms with Crippen molar-refractivity contribution in [1.82, 2.24) is 0 Å². The number of hydrogen-bond donors (Lipinski definition) is 2. The summed E-state index contributed by atoms with van der Waals surface area (Å²) in [5.74, 6) is 0.406. The van der Waals surface area contributed by atoms with E-state index in [-0.39, 0.29) is 6.42 Å². The third-order valence-electron chi connectivity index (χ3n) is 3.70. The maximum absolute atomic E-state index is 10.9. The monoisotopic (exact) mass is 341 g/mol. The fraction of sp³-hybridized carbons (Fsp3) is 0.533. The summed E-state index contributed by atoms with van der Waals surface area (Å²) in [6.07, 6.45) is 3.59. The number of aliphatic carboxylic acids is 1. The Morgan fingerprint density at radius 2 is 2.25 bits per heavy atom. The lowest BCUT2D eigenvalue weighted by molar-refractivity contribution is -0.137. The summed E-state index contributed by atoms with van der Waals surface area (Å²) in [5, 5.41) is 8.91. The Kier molecular flexibility index (Phi) is 5.05. The smallest absolute Gasteiger partial charge is 0.305 e. The number of benzene rings is 1. The fourth-order valence-corrected chi connectivity index (χ4v) is 3.05. The average Bonchev–Trinajstić information content (AvgIpc) is 2.28. The van der Waals surface area contributed by atoms with Crippen LogP contribution in [0.2, 0.25) is 0 Å². The van der Waals surface area contributed by atoms with Crippen LogP contribution < -0.4 is 10.5 Å². The molecule has 0 aromatic heterocycles. The highest BCUT2D eigenvalue weighted by molar-refractivity contribution is 9.10. The molecule has 20 heavy (non-hydrogen) atoms. The van der Waals surface area contributed by atoms with Gasteiger partial charge in [0.15, 0.2) is 0 Å². The van der Waals surface area contributed by atoms with Crippen LogP contribution in [0.25, 0.3) is 0 Å². The molecule has 0 heterocycles. The van der Waals surface area contributed by atoms with E-state index in [1.54, 1.807) is 0 Å². The SMILES string of the molecule is Cc1cc(Br)c(OCC2CCC2)c(C(N)CC(=O)O)c1. The number of nitrogens with two attached hydrogens (primary N) is 1. The number of hydrogen-bond acceptors (Lipinski definition) is 3. The second-order valence-electron chi connectivity index (χ2n) is 5.48. The van der Waals surface area contributed by atoms with Gasteiger partial charge in [-0.2, -0.15) is 0 Å². The van der Waals surface area contributed by atoms with Crippen LogP contribution in [-0.2, 0) is 4.79 Å². The highest BCUT2D eigenvalue weighted by Crippen LogP contribution is 2.36. The molecule has 0 aliphatic heterocycles. The Balaban J connectivity index is 2.19. The van der Waals surface area contributed by atoms with Gasteiger partial charge in [-0.3, -0.25) is 4.79 Å². The van der Waals surface area contributed by atoms with Gasteiger partial charge in [0.2, 0.25) is 0 Å². The molecule has 1 unspecified atom stereocenters. The van der Waals surface area contributed by atoms with Crippen molar-refractivity contribution in [2.75, 3.05) is 6.61 Å². The lowest BCUT2D eigenvalue weighted by atomic mass is 9.86. The molecule has 1 saturated carbocycles. The summed E-state index contributed by atoms with van der Waals surface area (Å²) in [6.45, 7) is 2.63. The topological polar surface area (TPSA) is 72.5 Å². The molecule has 1 aliphatic rings. The molecular formula is C15H20BrNO3. The van der Waals surface area contributed by atoms with Gasteiger partial charge in [-0.1, -0.05) is 12.5 Å². The first-order valence-corrected chi connectivity index (χ1v) is 7.67. The van der Waals surface area contributed by atoms with E-state index < -0.39 is 12.0 Å². The van der Waals surface area contributed by atoms with Crippen molar-refractivity contribution < 1.29 is 14.6 Å².